The minimum absolute atomic E-state index is 0.837. The van der Waals surface area contributed by atoms with E-state index in [1.807, 2.05) is 19.1 Å². The molecule has 0 atom stereocenters. The predicted molar refractivity (Wildman–Crippen MR) is 72.8 cm³/mol. The standard InChI is InChI=1S/C15H12N2O/c1-8-3-5-10-11(7-8)17-14-13-12(18-15(10)14)6-4-9(2)16-13/h3-7,17H,1-2H3. The molecule has 1 aromatic carbocycles. The van der Waals surface area contributed by atoms with Gasteiger partial charge in [-0.25, -0.2) is 4.98 Å². The molecule has 3 aromatic heterocycles. The van der Waals surface area contributed by atoms with Crippen LogP contribution in [0.15, 0.2) is 34.7 Å². The molecule has 3 heteroatoms. The van der Waals surface area contributed by atoms with Crippen LogP contribution in [0.3, 0.4) is 0 Å². The number of hydrogen-bond acceptors (Lipinski definition) is 2. The van der Waals surface area contributed by atoms with Crippen LogP contribution in [0.4, 0.5) is 0 Å². The lowest BCUT2D eigenvalue weighted by molar-refractivity contribution is 0.672. The quantitative estimate of drug-likeness (QED) is 0.500. The van der Waals surface area contributed by atoms with Gasteiger partial charge >= 0.3 is 0 Å². The number of pyridine rings is 1. The maximum Gasteiger partial charge on any atom is 0.162 e. The van der Waals surface area contributed by atoms with Gasteiger partial charge in [0.2, 0.25) is 0 Å². The lowest BCUT2D eigenvalue weighted by atomic mass is 10.2. The third-order valence-corrected chi connectivity index (χ3v) is 3.35. The molecule has 0 spiro atoms. The van der Waals surface area contributed by atoms with Crippen molar-refractivity contribution >= 4 is 33.1 Å². The van der Waals surface area contributed by atoms with E-state index in [2.05, 4.69) is 35.1 Å². The molecule has 0 aliphatic carbocycles. The summed E-state index contributed by atoms with van der Waals surface area (Å²) in [6.07, 6.45) is 0. The number of H-pyrrole nitrogens is 1. The fourth-order valence-electron chi connectivity index (χ4n) is 2.47. The van der Waals surface area contributed by atoms with Crippen molar-refractivity contribution < 1.29 is 4.42 Å². The fraction of sp³-hybridized carbons (Fsp3) is 0.133. The molecular formula is C15H12N2O. The van der Waals surface area contributed by atoms with Crippen LogP contribution in [0.1, 0.15) is 11.3 Å². The number of aryl methyl sites for hydroxylation is 2. The van der Waals surface area contributed by atoms with Gasteiger partial charge in [-0.2, -0.15) is 0 Å². The van der Waals surface area contributed by atoms with E-state index in [4.69, 9.17) is 4.42 Å². The molecule has 0 saturated carbocycles. The summed E-state index contributed by atoms with van der Waals surface area (Å²) in [5.41, 5.74) is 6.99. The summed E-state index contributed by atoms with van der Waals surface area (Å²) in [6.45, 7) is 4.08. The lowest BCUT2D eigenvalue weighted by Crippen LogP contribution is -1.79. The van der Waals surface area contributed by atoms with Gasteiger partial charge in [-0.1, -0.05) is 6.07 Å². The van der Waals surface area contributed by atoms with E-state index >= 15 is 0 Å². The Hall–Kier alpha value is -2.29. The lowest BCUT2D eigenvalue weighted by Gasteiger charge is -1.93. The molecule has 1 N–H and O–H groups in total. The zero-order valence-corrected chi connectivity index (χ0v) is 10.2. The average Bonchev–Trinajstić information content (AvgIpc) is 2.84. The first-order chi connectivity index (χ1) is 8.72. The van der Waals surface area contributed by atoms with Crippen molar-refractivity contribution in [2.75, 3.05) is 0 Å². The van der Waals surface area contributed by atoms with Crippen LogP contribution < -0.4 is 0 Å². The van der Waals surface area contributed by atoms with Crippen LogP contribution in [-0.4, -0.2) is 9.97 Å². The van der Waals surface area contributed by atoms with Gasteiger partial charge in [0.15, 0.2) is 11.2 Å². The van der Waals surface area contributed by atoms with Crippen LogP contribution >= 0.6 is 0 Å². The molecule has 0 aliphatic rings. The summed E-state index contributed by atoms with van der Waals surface area (Å²) in [5, 5.41) is 1.12. The highest BCUT2D eigenvalue weighted by atomic mass is 16.3. The summed E-state index contributed by atoms with van der Waals surface area (Å²) in [5.74, 6) is 0. The zero-order valence-electron chi connectivity index (χ0n) is 10.2. The normalized spacial score (nSPS) is 11.9. The van der Waals surface area contributed by atoms with Gasteiger partial charge < -0.3 is 9.40 Å². The van der Waals surface area contributed by atoms with E-state index in [1.165, 1.54) is 5.56 Å². The molecule has 0 saturated heterocycles. The van der Waals surface area contributed by atoms with Crippen LogP contribution in [0.25, 0.3) is 33.1 Å². The second-order valence-corrected chi connectivity index (χ2v) is 4.78. The molecular weight excluding hydrogens is 224 g/mol. The molecule has 4 aromatic rings. The minimum atomic E-state index is 0.837. The van der Waals surface area contributed by atoms with Crippen LogP contribution in [-0.2, 0) is 0 Å². The van der Waals surface area contributed by atoms with Gasteiger partial charge in [-0.15, -0.1) is 0 Å². The van der Waals surface area contributed by atoms with Crippen LogP contribution in [0.2, 0.25) is 0 Å². The van der Waals surface area contributed by atoms with Gasteiger partial charge in [0.1, 0.15) is 11.0 Å². The van der Waals surface area contributed by atoms with E-state index in [0.717, 1.165) is 38.8 Å². The molecule has 4 rings (SSSR count). The average molecular weight is 236 g/mol. The maximum atomic E-state index is 5.91. The van der Waals surface area contributed by atoms with Gasteiger partial charge in [-0.3, -0.25) is 0 Å². The van der Waals surface area contributed by atoms with Crippen LogP contribution in [0.5, 0.6) is 0 Å². The van der Waals surface area contributed by atoms with Crippen molar-refractivity contribution in [1.29, 1.82) is 0 Å². The Balaban J connectivity index is 2.25. The molecule has 88 valence electrons. The number of rotatable bonds is 0. The summed E-state index contributed by atoms with van der Waals surface area (Å²) in [7, 11) is 0. The Labute approximate surface area is 103 Å². The Bertz CT molecular complexity index is 899. The first kappa shape index (κ1) is 9.71. The molecule has 0 bridgehead atoms. The molecule has 18 heavy (non-hydrogen) atoms. The number of fused-ring (bicyclic) bond motifs is 5. The first-order valence-electron chi connectivity index (χ1n) is 6.00. The third-order valence-electron chi connectivity index (χ3n) is 3.35. The molecule has 0 unspecified atom stereocenters. The number of aromatic amines is 1. The van der Waals surface area contributed by atoms with E-state index in [0.29, 0.717) is 0 Å². The number of nitrogens with zero attached hydrogens (tertiary/aromatic N) is 1. The second kappa shape index (κ2) is 3.13. The maximum absolute atomic E-state index is 5.91. The Kier molecular flexibility index (Phi) is 1.69. The minimum Gasteiger partial charge on any atom is -0.452 e. The first-order valence-corrected chi connectivity index (χ1v) is 6.00. The Morgan fingerprint density at radius 3 is 2.89 bits per heavy atom. The third kappa shape index (κ3) is 1.16. The highest BCUT2D eigenvalue weighted by molar-refractivity contribution is 6.13. The van der Waals surface area contributed by atoms with Gasteiger partial charge in [0.25, 0.3) is 0 Å². The largest absolute Gasteiger partial charge is 0.452 e. The molecule has 3 heterocycles. The van der Waals surface area contributed by atoms with Gasteiger partial charge in [0, 0.05) is 11.1 Å². The van der Waals surface area contributed by atoms with Crippen molar-refractivity contribution in [2.24, 2.45) is 0 Å². The number of hydrogen-bond donors (Lipinski definition) is 1. The number of nitrogens with one attached hydrogen (secondary N) is 1. The van der Waals surface area contributed by atoms with Crippen molar-refractivity contribution in [3.05, 3.63) is 41.6 Å². The van der Waals surface area contributed by atoms with Gasteiger partial charge in [0.05, 0.1) is 5.52 Å². The number of benzene rings is 1. The predicted octanol–water partition coefficient (Wildman–Crippen LogP) is 4.08. The van der Waals surface area contributed by atoms with Gasteiger partial charge in [-0.05, 0) is 43.7 Å². The van der Waals surface area contributed by atoms with E-state index in [1.54, 1.807) is 0 Å². The number of aromatic nitrogens is 2. The summed E-state index contributed by atoms with van der Waals surface area (Å²) in [4.78, 5) is 7.97. The van der Waals surface area contributed by atoms with Crippen molar-refractivity contribution in [3.8, 4) is 0 Å². The molecule has 0 amide bonds. The Morgan fingerprint density at radius 2 is 2.00 bits per heavy atom. The highest BCUT2D eigenvalue weighted by Gasteiger charge is 2.13. The SMILES string of the molecule is Cc1ccc2c(c1)[nH]c1c3nc(C)ccc3oc21. The molecule has 0 radical (unpaired) electrons. The molecule has 0 fully saturated rings. The van der Waals surface area contributed by atoms with Crippen molar-refractivity contribution in [2.45, 2.75) is 13.8 Å². The smallest absolute Gasteiger partial charge is 0.162 e. The summed E-state index contributed by atoms with van der Waals surface area (Å²) in [6, 6.07) is 10.3. The van der Waals surface area contributed by atoms with Crippen molar-refractivity contribution in [3.63, 3.8) is 0 Å². The monoisotopic (exact) mass is 236 g/mol. The summed E-state index contributed by atoms with van der Waals surface area (Å²) < 4.78 is 5.91. The van der Waals surface area contributed by atoms with Crippen molar-refractivity contribution in [1.82, 2.24) is 9.97 Å². The fourth-order valence-corrected chi connectivity index (χ4v) is 2.47. The summed E-state index contributed by atoms with van der Waals surface area (Å²) >= 11 is 0. The highest BCUT2D eigenvalue weighted by Crippen LogP contribution is 2.33. The Morgan fingerprint density at radius 1 is 1.11 bits per heavy atom. The number of furan rings is 1. The van der Waals surface area contributed by atoms with Crippen LogP contribution in [0, 0.1) is 13.8 Å². The zero-order chi connectivity index (χ0) is 12.3. The molecule has 3 nitrogen and oxygen atoms in total. The van der Waals surface area contributed by atoms with E-state index in [-0.39, 0.29) is 0 Å². The van der Waals surface area contributed by atoms with E-state index < -0.39 is 0 Å². The second-order valence-electron chi connectivity index (χ2n) is 4.78. The van der Waals surface area contributed by atoms with E-state index in [9.17, 15) is 0 Å². The topological polar surface area (TPSA) is 41.8 Å². The molecule has 0 aliphatic heterocycles.